The summed E-state index contributed by atoms with van der Waals surface area (Å²) in [4.78, 5) is 0. The number of halogens is 1. The summed E-state index contributed by atoms with van der Waals surface area (Å²) >= 11 is 2.39. The maximum absolute atomic E-state index is 5.42. The monoisotopic (exact) mass is 316 g/mol. The highest BCUT2D eigenvalue weighted by molar-refractivity contribution is 14.1. The Balaban J connectivity index is 2.33. The van der Waals surface area contributed by atoms with Crippen molar-refractivity contribution in [3.63, 3.8) is 0 Å². The fourth-order valence-electron chi connectivity index (χ4n) is 2.55. The van der Waals surface area contributed by atoms with Gasteiger partial charge in [0, 0.05) is 16.8 Å². The lowest BCUT2D eigenvalue weighted by molar-refractivity contribution is 0.0851. The first-order valence-electron chi connectivity index (χ1n) is 5.53. The Hall–Kier alpha value is -0.0900. The van der Waals surface area contributed by atoms with Crippen LogP contribution in [0.4, 0.5) is 0 Å². The number of ether oxygens (including phenoxy) is 1. The molecule has 0 amide bonds. The van der Waals surface area contributed by atoms with Gasteiger partial charge >= 0.3 is 0 Å². The predicted octanol–water partition coefficient (Wildman–Crippen LogP) is 3.80. The van der Waals surface area contributed by atoms with Crippen molar-refractivity contribution in [3.8, 4) is 0 Å². The molecule has 15 heavy (non-hydrogen) atoms. The van der Waals surface area contributed by atoms with Gasteiger partial charge in [-0.1, -0.05) is 0 Å². The van der Waals surface area contributed by atoms with Gasteiger partial charge in [-0.2, -0.15) is 0 Å². The fraction of sp³-hybridized carbons (Fsp3) is 0.538. The second-order valence-electron chi connectivity index (χ2n) is 4.34. The van der Waals surface area contributed by atoms with Gasteiger partial charge in [0.2, 0.25) is 0 Å². The molecule has 0 bridgehead atoms. The van der Waals surface area contributed by atoms with Crippen molar-refractivity contribution >= 4 is 22.6 Å². The van der Waals surface area contributed by atoms with Crippen molar-refractivity contribution in [1.29, 1.82) is 0 Å². The molecule has 0 saturated carbocycles. The van der Waals surface area contributed by atoms with Crippen molar-refractivity contribution in [2.45, 2.75) is 32.6 Å². The molecule has 1 aliphatic heterocycles. The summed E-state index contributed by atoms with van der Waals surface area (Å²) in [7, 11) is 0. The van der Waals surface area contributed by atoms with E-state index >= 15 is 0 Å². The van der Waals surface area contributed by atoms with Crippen molar-refractivity contribution in [2.75, 3.05) is 13.2 Å². The highest BCUT2D eigenvalue weighted by Crippen LogP contribution is 2.32. The summed E-state index contributed by atoms with van der Waals surface area (Å²) in [6, 6.07) is 4.58. The second kappa shape index (κ2) is 4.83. The standard InChI is InChI=1S/C13H17IO/c1-9-7-12(14)8-10(2)13(9)11-3-5-15-6-4-11/h7-8,11H,3-6H2,1-2H3. The number of benzene rings is 1. The lowest BCUT2D eigenvalue weighted by atomic mass is 9.86. The summed E-state index contributed by atoms with van der Waals surface area (Å²) in [5, 5.41) is 0. The van der Waals surface area contributed by atoms with Gasteiger partial charge in [-0.15, -0.1) is 0 Å². The van der Waals surface area contributed by atoms with Crippen molar-refractivity contribution in [2.24, 2.45) is 0 Å². The van der Waals surface area contributed by atoms with Gasteiger partial charge in [0.05, 0.1) is 0 Å². The first kappa shape index (κ1) is 11.4. The van der Waals surface area contributed by atoms with Crippen molar-refractivity contribution in [1.82, 2.24) is 0 Å². The van der Waals surface area contributed by atoms with Gasteiger partial charge in [0.1, 0.15) is 0 Å². The van der Waals surface area contributed by atoms with E-state index in [0.717, 1.165) is 19.1 Å². The number of hydrogen-bond donors (Lipinski definition) is 0. The van der Waals surface area contributed by atoms with E-state index in [1.807, 2.05) is 0 Å². The Morgan fingerprint density at radius 3 is 2.20 bits per heavy atom. The molecule has 1 fully saturated rings. The second-order valence-corrected chi connectivity index (χ2v) is 5.59. The Bertz CT molecular complexity index is 331. The smallest absolute Gasteiger partial charge is 0.0471 e. The van der Waals surface area contributed by atoms with Crippen LogP contribution in [0, 0.1) is 17.4 Å². The number of hydrogen-bond acceptors (Lipinski definition) is 1. The van der Waals surface area contributed by atoms with Gasteiger partial charge in [-0.05, 0) is 84.0 Å². The van der Waals surface area contributed by atoms with E-state index in [9.17, 15) is 0 Å². The van der Waals surface area contributed by atoms with Crippen LogP contribution in [0.2, 0.25) is 0 Å². The van der Waals surface area contributed by atoms with Gasteiger partial charge < -0.3 is 4.74 Å². The average Bonchev–Trinajstić information content (AvgIpc) is 2.17. The molecule has 1 heterocycles. The van der Waals surface area contributed by atoms with Crippen LogP contribution in [-0.2, 0) is 4.74 Å². The van der Waals surface area contributed by atoms with Crippen LogP contribution in [0.5, 0.6) is 0 Å². The van der Waals surface area contributed by atoms with Gasteiger partial charge in [-0.25, -0.2) is 0 Å². The maximum atomic E-state index is 5.42. The topological polar surface area (TPSA) is 9.23 Å². The molecule has 0 aromatic heterocycles. The van der Waals surface area contributed by atoms with Crippen LogP contribution in [-0.4, -0.2) is 13.2 Å². The molecule has 1 saturated heterocycles. The minimum Gasteiger partial charge on any atom is -0.381 e. The highest BCUT2D eigenvalue weighted by atomic mass is 127. The Kier molecular flexibility index (Phi) is 3.67. The van der Waals surface area contributed by atoms with Crippen LogP contribution in [0.25, 0.3) is 0 Å². The molecule has 0 atom stereocenters. The number of aryl methyl sites for hydroxylation is 2. The summed E-state index contributed by atoms with van der Waals surface area (Å²) in [5.74, 6) is 0.718. The largest absolute Gasteiger partial charge is 0.381 e. The molecule has 2 heteroatoms. The maximum Gasteiger partial charge on any atom is 0.0471 e. The lowest BCUT2D eigenvalue weighted by Crippen LogP contribution is -2.16. The summed E-state index contributed by atoms with van der Waals surface area (Å²) in [6.07, 6.45) is 2.37. The van der Waals surface area contributed by atoms with Crippen molar-refractivity contribution < 1.29 is 4.74 Å². The molecule has 0 radical (unpaired) electrons. The quantitative estimate of drug-likeness (QED) is 0.716. The van der Waals surface area contributed by atoms with E-state index in [0.29, 0.717) is 0 Å². The van der Waals surface area contributed by atoms with Gasteiger partial charge in [0.15, 0.2) is 0 Å². The average molecular weight is 316 g/mol. The Morgan fingerprint density at radius 2 is 1.67 bits per heavy atom. The predicted molar refractivity (Wildman–Crippen MR) is 71.4 cm³/mol. The molecule has 0 unspecified atom stereocenters. The van der Waals surface area contributed by atoms with Gasteiger partial charge in [0.25, 0.3) is 0 Å². The SMILES string of the molecule is Cc1cc(I)cc(C)c1C1CCOCC1. The Labute approximate surface area is 105 Å². The fourth-order valence-corrected chi connectivity index (χ4v) is 3.49. The van der Waals surface area contributed by atoms with Crippen LogP contribution in [0.3, 0.4) is 0 Å². The first-order chi connectivity index (χ1) is 7.18. The molecule has 1 aromatic carbocycles. The van der Waals surface area contributed by atoms with Crippen LogP contribution < -0.4 is 0 Å². The van der Waals surface area contributed by atoms with Gasteiger partial charge in [-0.3, -0.25) is 0 Å². The van der Waals surface area contributed by atoms with E-state index in [4.69, 9.17) is 4.74 Å². The molecule has 1 nitrogen and oxygen atoms in total. The summed E-state index contributed by atoms with van der Waals surface area (Å²) < 4.78 is 6.77. The molecule has 0 N–H and O–H groups in total. The minimum atomic E-state index is 0.718. The molecular formula is C13H17IO. The highest BCUT2D eigenvalue weighted by Gasteiger charge is 2.19. The van der Waals surface area contributed by atoms with Crippen LogP contribution in [0.1, 0.15) is 35.4 Å². The minimum absolute atomic E-state index is 0.718. The summed E-state index contributed by atoms with van der Waals surface area (Å²) in [5.41, 5.74) is 4.47. The zero-order valence-corrected chi connectivity index (χ0v) is 11.5. The zero-order valence-electron chi connectivity index (χ0n) is 9.35. The van der Waals surface area contributed by atoms with E-state index in [2.05, 4.69) is 48.6 Å². The van der Waals surface area contributed by atoms with Crippen molar-refractivity contribution in [3.05, 3.63) is 32.4 Å². The third kappa shape index (κ3) is 2.53. The molecule has 0 aliphatic carbocycles. The normalized spacial score (nSPS) is 18.1. The Morgan fingerprint density at radius 1 is 1.13 bits per heavy atom. The summed E-state index contributed by atoms with van der Waals surface area (Å²) in [6.45, 7) is 6.32. The van der Waals surface area contributed by atoms with E-state index in [1.165, 1.54) is 27.5 Å². The molecular weight excluding hydrogens is 299 g/mol. The third-order valence-corrected chi connectivity index (χ3v) is 3.81. The first-order valence-corrected chi connectivity index (χ1v) is 6.60. The molecule has 0 spiro atoms. The van der Waals surface area contributed by atoms with E-state index < -0.39 is 0 Å². The van der Waals surface area contributed by atoms with Crippen LogP contribution in [0.15, 0.2) is 12.1 Å². The van der Waals surface area contributed by atoms with E-state index in [1.54, 1.807) is 5.56 Å². The lowest BCUT2D eigenvalue weighted by Gasteiger charge is -2.25. The van der Waals surface area contributed by atoms with E-state index in [-0.39, 0.29) is 0 Å². The number of rotatable bonds is 1. The molecule has 1 aromatic rings. The van der Waals surface area contributed by atoms with Crippen LogP contribution >= 0.6 is 22.6 Å². The molecule has 82 valence electrons. The molecule has 2 rings (SSSR count). The third-order valence-electron chi connectivity index (χ3n) is 3.19. The molecule has 1 aliphatic rings. The zero-order chi connectivity index (χ0) is 10.8.